The van der Waals surface area contributed by atoms with Crippen LogP contribution < -0.4 is 20.7 Å². The molecule has 132 valence electrons. The van der Waals surface area contributed by atoms with Crippen molar-refractivity contribution in [2.45, 2.75) is 18.6 Å². The third-order valence-corrected chi connectivity index (χ3v) is 5.32. The maximum atomic E-state index is 13.6. The second-order valence-electron chi connectivity index (χ2n) is 6.90. The maximum absolute atomic E-state index is 13.6. The second-order valence-corrected chi connectivity index (χ2v) is 6.90. The molecule has 5 rings (SSSR count). The molecule has 0 saturated carbocycles. The van der Waals surface area contributed by atoms with E-state index < -0.39 is 0 Å². The number of carbonyl (C=O) groups excluding carboxylic acids is 1. The molecule has 0 aromatic heterocycles. The van der Waals surface area contributed by atoms with Crippen LogP contribution in [0.1, 0.15) is 33.9 Å². The molecule has 2 aromatic rings. The molecule has 2 aromatic carbocycles. The Morgan fingerprint density at radius 2 is 2.15 bits per heavy atom. The van der Waals surface area contributed by atoms with E-state index in [0.717, 1.165) is 29.8 Å². The minimum atomic E-state index is -0.319. The fraction of sp³-hybridized carbons (Fsp3) is 0.250. The summed E-state index contributed by atoms with van der Waals surface area (Å²) in [6, 6.07) is 10.1. The van der Waals surface area contributed by atoms with Gasteiger partial charge in [-0.25, -0.2) is 4.39 Å². The van der Waals surface area contributed by atoms with Gasteiger partial charge in [-0.2, -0.15) is 0 Å². The van der Waals surface area contributed by atoms with Crippen LogP contribution in [-0.2, 0) is 0 Å². The summed E-state index contributed by atoms with van der Waals surface area (Å²) in [5.74, 6) is 0.219. The minimum Gasteiger partial charge on any atom is -0.488 e. The van der Waals surface area contributed by atoms with Crippen molar-refractivity contribution in [3.05, 3.63) is 64.5 Å². The number of anilines is 1. The lowest BCUT2D eigenvalue weighted by Crippen LogP contribution is -2.57. The van der Waals surface area contributed by atoms with Gasteiger partial charge in [0, 0.05) is 23.7 Å². The quantitative estimate of drug-likeness (QED) is 0.829. The van der Waals surface area contributed by atoms with Crippen LogP contribution in [0, 0.1) is 5.82 Å². The Morgan fingerprint density at radius 1 is 1.27 bits per heavy atom. The molecule has 0 radical (unpaired) electrons. The molecule has 3 aliphatic rings. The van der Waals surface area contributed by atoms with Crippen LogP contribution in [0.3, 0.4) is 0 Å². The second kappa shape index (κ2) is 5.57. The Balaban J connectivity index is 1.60. The molecule has 0 saturated heterocycles. The van der Waals surface area contributed by atoms with Crippen LogP contribution in [0.5, 0.6) is 5.75 Å². The minimum absolute atomic E-state index is 0.0702. The summed E-state index contributed by atoms with van der Waals surface area (Å²) in [4.78, 5) is 14.9. The van der Waals surface area contributed by atoms with Gasteiger partial charge in [0.05, 0.1) is 11.3 Å². The number of nitrogens with two attached hydrogens (primary N) is 1. The number of para-hydroxylation sites is 1. The van der Waals surface area contributed by atoms with Gasteiger partial charge in [-0.3, -0.25) is 4.79 Å². The predicted molar refractivity (Wildman–Crippen MR) is 96.5 cm³/mol. The van der Waals surface area contributed by atoms with Crippen LogP contribution in [0.25, 0.3) is 6.08 Å². The van der Waals surface area contributed by atoms with Gasteiger partial charge in [0.25, 0.3) is 5.91 Å². The standard InChI is InChI=1S/C20H18FN3O2/c21-13-4-5-17-11(9-13)8-12(10-26-17)19-23-20(25)15-3-1-2-14-16(22)6-7-24(19)18(14)15/h1-5,8-9,16,19H,6-7,10,22H2,(H,23,25)/t16-,19-/m1/s1. The number of hydrogen-bond donors (Lipinski definition) is 2. The molecular weight excluding hydrogens is 333 g/mol. The van der Waals surface area contributed by atoms with Crippen LogP contribution in [0.2, 0.25) is 0 Å². The highest BCUT2D eigenvalue weighted by Crippen LogP contribution is 2.40. The summed E-state index contributed by atoms with van der Waals surface area (Å²) < 4.78 is 19.4. The summed E-state index contributed by atoms with van der Waals surface area (Å²) in [7, 11) is 0. The van der Waals surface area contributed by atoms with Crippen molar-refractivity contribution in [2.24, 2.45) is 5.73 Å². The van der Waals surface area contributed by atoms with Gasteiger partial charge in [0.15, 0.2) is 0 Å². The molecule has 5 nitrogen and oxygen atoms in total. The summed E-state index contributed by atoms with van der Waals surface area (Å²) in [6.07, 6.45) is 2.40. The lowest BCUT2D eigenvalue weighted by atomic mass is 9.90. The first-order valence-corrected chi connectivity index (χ1v) is 8.70. The summed E-state index contributed by atoms with van der Waals surface area (Å²) in [5.41, 5.74) is 10.4. The highest BCUT2D eigenvalue weighted by Gasteiger charge is 2.38. The van der Waals surface area contributed by atoms with Gasteiger partial charge in [-0.15, -0.1) is 0 Å². The molecule has 6 heteroatoms. The number of fused-ring (bicyclic) bond motifs is 1. The van der Waals surface area contributed by atoms with Gasteiger partial charge in [0.2, 0.25) is 0 Å². The fourth-order valence-electron chi connectivity index (χ4n) is 4.06. The van der Waals surface area contributed by atoms with E-state index in [2.05, 4.69) is 10.2 Å². The van der Waals surface area contributed by atoms with Crippen molar-refractivity contribution in [3.8, 4) is 5.75 Å². The molecule has 3 aliphatic heterocycles. The fourth-order valence-corrected chi connectivity index (χ4v) is 4.06. The van der Waals surface area contributed by atoms with Crippen molar-refractivity contribution in [1.29, 1.82) is 0 Å². The van der Waals surface area contributed by atoms with E-state index in [9.17, 15) is 9.18 Å². The normalized spacial score (nSPS) is 23.4. The summed E-state index contributed by atoms with van der Waals surface area (Å²) in [5, 5.41) is 3.07. The van der Waals surface area contributed by atoms with E-state index in [0.29, 0.717) is 23.5 Å². The Hall–Kier alpha value is -2.86. The molecule has 0 spiro atoms. The Kier molecular flexibility index (Phi) is 3.30. The number of benzene rings is 2. The molecule has 26 heavy (non-hydrogen) atoms. The number of nitrogens with one attached hydrogen (secondary N) is 1. The summed E-state index contributed by atoms with van der Waals surface area (Å²) >= 11 is 0. The lowest BCUT2D eigenvalue weighted by molar-refractivity contribution is 0.0930. The van der Waals surface area contributed by atoms with Crippen LogP contribution in [0.4, 0.5) is 10.1 Å². The van der Waals surface area contributed by atoms with E-state index in [-0.39, 0.29) is 23.9 Å². The molecule has 0 bridgehead atoms. The van der Waals surface area contributed by atoms with Crippen molar-refractivity contribution in [3.63, 3.8) is 0 Å². The number of ether oxygens (including phenoxy) is 1. The molecule has 0 aliphatic carbocycles. The average Bonchev–Trinajstić information content (AvgIpc) is 2.65. The van der Waals surface area contributed by atoms with Crippen molar-refractivity contribution in [1.82, 2.24) is 5.32 Å². The number of amides is 1. The zero-order valence-electron chi connectivity index (χ0n) is 14.0. The Labute approximate surface area is 150 Å². The van der Waals surface area contributed by atoms with Crippen molar-refractivity contribution in [2.75, 3.05) is 18.1 Å². The van der Waals surface area contributed by atoms with Crippen LogP contribution in [-0.4, -0.2) is 25.2 Å². The third kappa shape index (κ3) is 2.22. The molecule has 2 atom stereocenters. The summed E-state index contributed by atoms with van der Waals surface area (Å²) in [6.45, 7) is 1.09. The molecule has 0 fully saturated rings. The Bertz CT molecular complexity index is 956. The average molecular weight is 351 g/mol. The topological polar surface area (TPSA) is 67.6 Å². The smallest absolute Gasteiger partial charge is 0.255 e. The zero-order valence-corrected chi connectivity index (χ0v) is 14.0. The lowest BCUT2D eigenvalue weighted by Gasteiger charge is -2.45. The van der Waals surface area contributed by atoms with E-state index in [4.69, 9.17) is 10.5 Å². The van der Waals surface area contributed by atoms with Crippen LogP contribution in [0.15, 0.2) is 42.0 Å². The molecule has 3 heterocycles. The first-order chi connectivity index (χ1) is 12.6. The SMILES string of the molecule is N[C@@H]1CCN2c3c(cccc31)C(=O)N[C@H]2C1=Cc2cc(F)ccc2OC1. The van der Waals surface area contributed by atoms with Gasteiger partial charge < -0.3 is 20.7 Å². The number of rotatable bonds is 1. The third-order valence-electron chi connectivity index (χ3n) is 5.32. The van der Waals surface area contributed by atoms with E-state index in [1.165, 1.54) is 12.1 Å². The predicted octanol–water partition coefficient (Wildman–Crippen LogP) is 2.58. The number of halogens is 1. The van der Waals surface area contributed by atoms with Crippen LogP contribution >= 0.6 is 0 Å². The van der Waals surface area contributed by atoms with Gasteiger partial charge in [-0.05, 0) is 42.3 Å². The highest BCUT2D eigenvalue weighted by molar-refractivity contribution is 6.03. The van der Waals surface area contributed by atoms with Gasteiger partial charge in [0.1, 0.15) is 24.3 Å². The highest BCUT2D eigenvalue weighted by atomic mass is 19.1. The number of carbonyl (C=O) groups is 1. The zero-order chi connectivity index (χ0) is 17.8. The number of nitrogens with zero attached hydrogens (tertiary/aromatic N) is 1. The number of hydrogen-bond acceptors (Lipinski definition) is 4. The molecule has 1 amide bonds. The first-order valence-electron chi connectivity index (χ1n) is 8.70. The molecule has 0 unspecified atom stereocenters. The van der Waals surface area contributed by atoms with Gasteiger partial charge in [-0.1, -0.05) is 12.1 Å². The Morgan fingerprint density at radius 3 is 3.04 bits per heavy atom. The monoisotopic (exact) mass is 351 g/mol. The largest absolute Gasteiger partial charge is 0.488 e. The molecule has 3 N–H and O–H groups in total. The van der Waals surface area contributed by atoms with E-state index in [1.807, 2.05) is 24.3 Å². The van der Waals surface area contributed by atoms with E-state index >= 15 is 0 Å². The van der Waals surface area contributed by atoms with E-state index in [1.54, 1.807) is 6.07 Å². The van der Waals surface area contributed by atoms with Crippen molar-refractivity contribution >= 4 is 17.7 Å². The maximum Gasteiger partial charge on any atom is 0.255 e. The van der Waals surface area contributed by atoms with Crippen molar-refractivity contribution < 1.29 is 13.9 Å². The van der Waals surface area contributed by atoms with Gasteiger partial charge >= 0.3 is 0 Å². The first kappa shape index (κ1) is 15.4. The molecular formula is C20H18FN3O2.